The van der Waals surface area contributed by atoms with E-state index >= 15 is 0 Å². The molecule has 0 spiro atoms. The SMILES string of the molecule is CCCN.COC.Cn1cc(NC=O)nc1C(=O)NCCC=O. The first kappa shape index (κ1) is 23.0. The first-order chi connectivity index (χ1) is 11.0. The van der Waals surface area contributed by atoms with Gasteiger partial charge in [-0.2, -0.15) is 0 Å². The largest absolute Gasteiger partial charge is 0.388 e. The summed E-state index contributed by atoms with van der Waals surface area (Å²) in [6.45, 7) is 3.14. The second-order valence-electron chi connectivity index (χ2n) is 4.23. The molecule has 1 aromatic rings. The van der Waals surface area contributed by atoms with E-state index in [4.69, 9.17) is 5.73 Å². The standard InChI is InChI=1S/C9H12N4O3.C3H9N.C2H6O/c1-13-5-7(11-6-15)12-8(13)9(16)10-3-2-4-14;1-2-3-4;1-3-2/h4-6H,2-3H2,1H3,(H,10,16)(H,11,15);2-4H2,1H3;1-2H3. The number of aromatic nitrogens is 2. The smallest absolute Gasteiger partial charge is 0.287 e. The lowest BCUT2D eigenvalue weighted by molar-refractivity contribution is -0.108. The fraction of sp³-hybridized carbons (Fsp3) is 0.571. The number of hydrogen-bond donors (Lipinski definition) is 3. The predicted octanol–water partition coefficient (Wildman–Crippen LogP) is -0.0751. The van der Waals surface area contributed by atoms with Gasteiger partial charge in [0.15, 0.2) is 5.82 Å². The van der Waals surface area contributed by atoms with Crippen molar-refractivity contribution >= 4 is 24.4 Å². The number of nitrogens with two attached hydrogens (primary N) is 1. The number of nitrogens with one attached hydrogen (secondary N) is 2. The lowest BCUT2D eigenvalue weighted by Crippen LogP contribution is -2.27. The molecule has 9 heteroatoms. The van der Waals surface area contributed by atoms with Crippen LogP contribution in [0.15, 0.2) is 6.20 Å². The van der Waals surface area contributed by atoms with Crippen molar-refractivity contribution in [2.75, 3.05) is 32.6 Å². The van der Waals surface area contributed by atoms with Gasteiger partial charge in [0, 0.05) is 40.4 Å². The van der Waals surface area contributed by atoms with E-state index in [1.165, 1.54) is 10.8 Å². The average Bonchev–Trinajstić information content (AvgIpc) is 2.89. The predicted molar refractivity (Wildman–Crippen MR) is 88.2 cm³/mol. The van der Waals surface area contributed by atoms with Crippen molar-refractivity contribution in [1.82, 2.24) is 14.9 Å². The molecule has 4 N–H and O–H groups in total. The van der Waals surface area contributed by atoms with Gasteiger partial charge < -0.3 is 30.5 Å². The van der Waals surface area contributed by atoms with Gasteiger partial charge in [-0.15, -0.1) is 0 Å². The number of nitrogens with zero attached hydrogens (tertiary/aromatic N) is 2. The van der Waals surface area contributed by atoms with Crippen molar-refractivity contribution in [2.45, 2.75) is 19.8 Å². The molecular weight excluding hydrogens is 302 g/mol. The van der Waals surface area contributed by atoms with Crippen molar-refractivity contribution in [2.24, 2.45) is 12.8 Å². The third-order valence-corrected chi connectivity index (χ3v) is 2.12. The van der Waals surface area contributed by atoms with Crippen LogP contribution in [0.3, 0.4) is 0 Å². The van der Waals surface area contributed by atoms with Gasteiger partial charge in [0.05, 0.1) is 0 Å². The minimum atomic E-state index is -0.386. The van der Waals surface area contributed by atoms with Crippen LogP contribution >= 0.6 is 0 Å². The van der Waals surface area contributed by atoms with E-state index in [1.54, 1.807) is 21.3 Å². The Balaban J connectivity index is 0. The summed E-state index contributed by atoms with van der Waals surface area (Å²) < 4.78 is 5.74. The van der Waals surface area contributed by atoms with Crippen LogP contribution in [0.5, 0.6) is 0 Å². The average molecular weight is 329 g/mol. The van der Waals surface area contributed by atoms with Crippen LogP contribution in [-0.2, 0) is 21.4 Å². The Kier molecular flexibility index (Phi) is 16.1. The van der Waals surface area contributed by atoms with Gasteiger partial charge in [-0.3, -0.25) is 9.59 Å². The number of carbonyl (C=O) groups excluding carboxylic acids is 3. The molecule has 0 saturated heterocycles. The minimum Gasteiger partial charge on any atom is -0.388 e. The van der Waals surface area contributed by atoms with Crippen molar-refractivity contribution in [3.63, 3.8) is 0 Å². The molecule has 0 fully saturated rings. The Morgan fingerprint density at radius 2 is 2.00 bits per heavy atom. The normalized spacial score (nSPS) is 8.74. The first-order valence-corrected chi connectivity index (χ1v) is 7.07. The summed E-state index contributed by atoms with van der Waals surface area (Å²) in [7, 11) is 4.89. The van der Waals surface area contributed by atoms with Crippen molar-refractivity contribution in [3.8, 4) is 0 Å². The Morgan fingerprint density at radius 1 is 1.43 bits per heavy atom. The van der Waals surface area contributed by atoms with E-state index in [9.17, 15) is 14.4 Å². The molecule has 0 aromatic carbocycles. The van der Waals surface area contributed by atoms with Gasteiger partial charge in [-0.25, -0.2) is 4.98 Å². The number of carbonyl (C=O) groups is 3. The summed E-state index contributed by atoms with van der Waals surface area (Å²) >= 11 is 0. The second-order valence-corrected chi connectivity index (χ2v) is 4.23. The third-order valence-electron chi connectivity index (χ3n) is 2.12. The summed E-state index contributed by atoms with van der Waals surface area (Å²) in [6, 6.07) is 0. The molecule has 1 aromatic heterocycles. The number of methoxy groups -OCH3 is 1. The maximum absolute atomic E-state index is 11.5. The van der Waals surface area contributed by atoms with Crippen LogP contribution in [0.25, 0.3) is 0 Å². The van der Waals surface area contributed by atoms with E-state index < -0.39 is 0 Å². The lowest BCUT2D eigenvalue weighted by atomic mass is 10.4. The van der Waals surface area contributed by atoms with Gasteiger partial charge in [-0.1, -0.05) is 6.92 Å². The van der Waals surface area contributed by atoms with Crippen LogP contribution in [0, 0.1) is 0 Å². The highest BCUT2D eigenvalue weighted by Crippen LogP contribution is 2.05. The van der Waals surface area contributed by atoms with Crippen LogP contribution in [0.2, 0.25) is 0 Å². The first-order valence-electron chi connectivity index (χ1n) is 7.07. The molecule has 0 aliphatic carbocycles. The molecule has 132 valence electrons. The van der Waals surface area contributed by atoms with Crippen LogP contribution in [-0.4, -0.2) is 55.5 Å². The maximum Gasteiger partial charge on any atom is 0.287 e. The molecule has 1 heterocycles. The molecule has 1 rings (SSSR count). The van der Waals surface area contributed by atoms with Gasteiger partial charge in [0.1, 0.15) is 6.29 Å². The van der Waals surface area contributed by atoms with Crippen LogP contribution < -0.4 is 16.4 Å². The zero-order valence-corrected chi connectivity index (χ0v) is 14.2. The highest BCUT2D eigenvalue weighted by atomic mass is 16.4. The Labute approximate surface area is 136 Å². The van der Waals surface area contributed by atoms with Gasteiger partial charge in [-0.05, 0) is 13.0 Å². The van der Waals surface area contributed by atoms with Crippen molar-refractivity contribution < 1.29 is 19.1 Å². The highest BCUT2D eigenvalue weighted by Gasteiger charge is 2.12. The van der Waals surface area contributed by atoms with E-state index in [0.717, 1.165) is 19.3 Å². The molecule has 0 saturated carbocycles. The monoisotopic (exact) mass is 329 g/mol. The molecule has 23 heavy (non-hydrogen) atoms. The number of hydrogen-bond acceptors (Lipinski definition) is 6. The third kappa shape index (κ3) is 12.0. The summed E-state index contributed by atoms with van der Waals surface area (Å²) in [5.41, 5.74) is 5.03. The fourth-order valence-electron chi connectivity index (χ4n) is 1.13. The lowest BCUT2D eigenvalue weighted by Gasteiger charge is -2.01. The highest BCUT2D eigenvalue weighted by molar-refractivity contribution is 5.91. The van der Waals surface area contributed by atoms with Gasteiger partial charge in [0.25, 0.3) is 5.91 Å². The molecule has 0 atom stereocenters. The summed E-state index contributed by atoms with van der Waals surface area (Å²) in [5, 5.41) is 4.87. The maximum atomic E-state index is 11.5. The Bertz CT molecular complexity index is 446. The summed E-state index contributed by atoms with van der Waals surface area (Å²) in [6.07, 6.45) is 4.08. The Hall–Kier alpha value is -2.26. The Morgan fingerprint density at radius 3 is 2.43 bits per heavy atom. The number of ether oxygens (including phenoxy) is 1. The van der Waals surface area contributed by atoms with E-state index in [1.807, 2.05) is 0 Å². The van der Waals surface area contributed by atoms with E-state index in [-0.39, 0.29) is 24.7 Å². The number of rotatable bonds is 7. The minimum absolute atomic E-state index is 0.176. The molecule has 0 unspecified atom stereocenters. The summed E-state index contributed by atoms with van der Waals surface area (Å²) in [4.78, 5) is 35.7. The van der Waals surface area contributed by atoms with Crippen molar-refractivity contribution in [3.05, 3.63) is 12.0 Å². The zero-order valence-electron chi connectivity index (χ0n) is 14.2. The number of anilines is 1. The van der Waals surface area contributed by atoms with Gasteiger partial charge >= 0.3 is 0 Å². The molecule has 9 nitrogen and oxygen atoms in total. The molecule has 2 amide bonds. The summed E-state index contributed by atoms with van der Waals surface area (Å²) in [5.74, 6) is 0.0941. The second kappa shape index (κ2) is 16.1. The number of amides is 2. The van der Waals surface area contributed by atoms with Crippen molar-refractivity contribution in [1.29, 1.82) is 0 Å². The molecule has 0 aliphatic heterocycles. The zero-order chi connectivity index (χ0) is 18.1. The quantitative estimate of drug-likeness (QED) is 0.474. The van der Waals surface area contributed by atoms with E-state index in [2.05, 4.69) is 27.3 Å². The van der Waals surface area contributed by atoms with E-state index in [0.29, 0.717) is 12.2 Å². The van der Waals surface area contributed by atoms with Gasteiger partial charge in [0.2, 0.25) is 12.2 Å². The fourth-order valence-corrected chi connectivity index (χ4v) is 1.13. The topological polar surface area (TPSA) is 128 Å². The molecule has 0 bridgehead atoms. The van der Waals surface area contributed by atoms with Crippen LogP contribution in [0.1, 0.15) is 30.4 Å². The molecule has 0 aliphatic rings. The molecular formula is C14H27N5O4. The van der Waals surface area contributed by atoms with Crippen LogP contribution in [0.4, 0.5) is 5.82 Å². The number of aldehydes is 1. The number of imidazole rings is 1. The number of aryl methyl sites for hydroxylation is 1. The molecule has 0 radical (unpaired) electrons.